The first-order valence-corrected chi connectivity index (χ1v) is 9.21. The van der Waals surface area contributed by atoms with Gasteiger partial charge in [-0.05, 0) is 43.4 Å². The lowest BCUT2D eigenvalue weighted by molar-refractivity contribution is 0.340. The summed E-state index contributed by atoms with van der Waals surface area (Å²) in [4.78, 5) is 1.36. The van der Waals surface area contributed by atoms with Gasteiger partial charge in [0.25, 0.3) is 0 Å². The fraction of sp³-hybridized carbons (Fsp3) is 0.667. The quantitative estimate of drug-likeness (QED) is 0.329. The largest absolute Gasteiger partial charge is 0.494 e. The Balaban J connectivity index is 1.98. The van der Waals surface area contributed by atoms with Crippen molar-refractivity contribution >= 4 is 11.8 Å². The Bertz CT molecular complexity index is 321. The molecule has 0 fully saturated rings. The molecule has 1 nitrogen and oxygen atoms in total. The predicted molar refractivity (Wildman–Crippen MR) is 90.9 cm³/mol. The van der Waals surface area contributed by atoms with Gasteiger partial charge >= 0.3 is 0 Å². The molecular weight excluding hydrogens is 264 g/mol. The van der Waals surface area contributed by atoms with Gasteiger partial charge in [-0.15, -0.1) is 11.8 Å². The van der Waals surface area contributed by atoms with Crippen molar-refractivity contribution in [1.82, 2.24) is 0 Å². The molecule has 2 heteroatoms. The van der Waals surface area contributed by atoms with Crippen LogP contribution in [0.2, 0.25) is 0 Å². The number of ether oxygens (including phenoxy) is 1. The minimum absolute atomic E-state index is 0.741. The highest BCUT2D eigenvalue weighted by Gasteiger charge is 1.96. The van der Waals surface area contributed by atoms with Crippen molar-refractivity contribution in [3.8, 4) is 5.75 Å². The second kappa shape index (κ2) is 12.1. The second-order valence-electron chi connectivity index (χ2n) is 5.23. The number of hydrogen-bond acceptors (Lipinski definition) is 2. The van der Waals surface area contributed by atoms with E-state index in [-0.39, 0.29) is 0 Å². The number of rotatable bonds is 12. The van der Waals surface area contributed by atoms with Gasteiger partial charge in [0.05, 0.1) is 6.61 Å². The molecule has 0 bridgehead atoms. The Kier molecular flexibility index (Phi) is 10.6. The Labute approximate surface area is 129 Å². The SMILES string of the molecule is CCCCCCCCCCSc1ccc(OCC)cc1. The van der Waals surface area contributed by atoms with Crippen LogP contribution in [0, 0.1) is 0 Å². The van der Waals surface area contributed by atoms with E-state index in [9.17, 15) is 0 Å². The molecule has 0 N–H and O–H groups in total. The maximum absolute atomic E-state index is 5.45. The van der Waals surface area contributed by atoms with E-state index in [1.54, 1.807) is 0 Å². The molecule has 0 atom stereocenters. The first-order chi connectivity index (χ1) is 9.86. The Morgan fingerprint density at radius 1 is 0.800 bits per heavy atom. The van der Waals surface area contributed by atoms with E-state index in [1.807, 2.05) is 18.7 Å². The molecule has 0 radical (unpaired) electrons. The van der Waals surface area contributed by atoms with Gasteiger partial charge in [-0.2, -0.15) is 0 Å². The van der Waals surface area contributed by atoms with Crippen LogP contribution >= 0.6 is 11.8 Å². The summed E-state index contributed by atoms with van der Waals surface area (Å²) in [6.07, 6.45) is 11.2. The van der Waals surface area contributed by atoms with Crippen molar-refractivity contribution in [1.29, 1.82) is 0 Å². The zero-order valence-corrected chi connectivity index (χ0v) is 14.0. The lowest BCUT2D eigenvalue weighted by atomic mass is 10.1. The van der Waals surface area contributed by atoms with Crippen molar-refractivity contribution in [3.05, 3.63) is 24.3 Å². The third-order valence-electron chi connectivity index (χ3n) is 3.40. The summed E-state index contributed by atoms with van der Waals surface area (Å²) < 4.78 is 5.45. The minimum Gasteiger partial charge on any atom is -0.494 e. The normalized spacial score (nSPS) is 10.7. The van der Waals surface area contributed by atoms with E-state index < -0.39 is 0 Å². The monoisotopic (exact) mass is 294 g/mol. The summed E-state index contributed by atoms with van der Waals surface area (Å²) in [5.41, 5.74) is 0. The molecule has 0 spiro atoms. The highest BCUT2D eigenvalue weighted by molar-refractivity contribution is 7.99. The maximum atomic E-state index is 5.45. The van der Waals surface area contributed by atoms with E-state index in [4.69, 9.17) is 4.74 Å². The number of thioether (sulfide) groups is 1. The Hall–Kier alpha value is -0.630. The topological polar surface area (TPSA) is 9.23 Å². The molecule has 20 heavy (non-hydrogen) atoms. The van der Waals surface area contributed by atoms with Crippen LogP contribution in [0.25, 0.3) is 0 Å². The van der Waals surface area contributed by atoms with Crippen LogP contribution in [0.5, 0.6) is 5.75 Å². The smallest absolute Gasteiger partial charge is 0.119 e. The standard InChI is InChI=1S/C18H30OS/c1-3-5-6-7-8-9-10-11-16-20-18-14-12-17(13-15-18)19-4-2/h12-15H,3-11,16H2,1-2H3. The molecule has 0 aliphatic carbocycles. The Morgan fingerprint density at radius 3 is 2.00 bits per heavy atom. The number of benzene rings is 1. The molecular formula is C18H30OS. The van der Waals surface area contributed by atoms with Crippen molar-refractivity contribution in [2.24, 2.45) is 0 Å². The molecule has 0 aromatic heterocycles. The summed E-state index contributed by atoms with van der Waals surface area (Å²) >= 11 is 1.96. The van der Waals surface area contributed by atoms with Crippen LogP contribution in [-0.2, 0) is 0 Å². The van der Waals surface area contributed by atoms with Crippen LogP contribution in [0.1, 0.15) is 65.2 Å². The maximum Gasteiger partial charge on any atom is 0.119 e. The van der Waals surface area contributed by atoms with Gasteiger partial charge < -0.3 is 4.74 Å². The van der Waals surface area contributed by atoms with Gasteiger partial charge in [0.15, 0.2) is 0 Å². The van der Waals surface area contributed by atoms with Crippen LogP contribution in [-0.4, -0.2) is 12.4 Å². The molecule has 0 heterocycles. The molecule has 1 rings (SSSR count). The first kappa shape index (κ1) is 17.4. The van der Waals surface area contributed by atoms with Crippen LogP contribution in [0.3, 0.4) is 0 Å². The zero-order chi connectivity index (χ0) is 14.5. The van der Waals surface area contributed by atoms with Gasteiger partial charge in [-0.1, -0.05) is 51.9 Å². The van der Waals surface area contributed by atoms with Crippen molar-refractivity contribution in [2.75, 3.05) is 12.4 Å². The number of hydrogen-bond donors (Lipinski definition) is 0. The molecule has 0 aliphatic heterocycles. The summed E-state index contributed by atoms with van der Waals surface area (Å²) in [6, 6.07) is 8.47. The highest BCUT2D eigenvalue weighted by atomic mass is 32.2. The Morgan fingerprint density at radius 2 is 1.40 bits per heavy atom. The van der Waals surface area contributed by atoms with E-state index >= 15 is 0 Å². The van der Waals surface area contributed by atoms with Crippen molar-refractivity contribution < 1.29 is 4.74 Å². The summed E-state index contributed by atoms with van der Waals surface area (Å²) in [6.45, 7) is 5.04. The van der Waals surface area contributed by atoms with E-state index in [2.05, 4.69) is 31.2 Å². The summed E-state index contributed by atoms with van der Waals surface area (Å²) in [5, 5.41) is 0. The van der Waals surface area contributed by atoms with Crippen molar-refractivity contribution in [2.45, 2.75) is 70.1 Å². The van der Waals surface area contributed by atoms with Crippen LogP contribution in [0.15, 0.2) is 29.2 Å². The molecule has 0 unspecified atom stereocenters. The molecule has 114 valence electrons. The molecule has 0 amide bonds. The zero-order valence-electron chi connectivity index (χ0n) is 13.2. The minimum atomic E-state index is 0.741. The third-order valence-corrected chi connectivity index (χ3v) is 4.50. The average Bonchev–Trinajstić information content (AvgIpc) is 2.47. The predicted octanol–water partition coefficient (Wildman–Crippen LogP) is 6.32. The summed E-state index contributed by atoms with van der Waals surface area (Å²) in [5.74, 6) is 2.21. The lowest BCUT2D eigenvalue weighted by Crippen LogP contribution is -1.90. The van der Waals surface area contributed by atoms with Crippen LogP contribution < -0.4 is 4.74 Å². The lowest BCUT2D eigenvalue weighted by Gasteiger charge is -2.05. The average molecular weight is 295 g/mol. The fourth-order valence-corrected chi connectivity index (χ4v) is 3.14. The van der Waals surface area contributed by atoms with E-state index in [1.165, 1.54) is 62.0 Å². The first-order valence-electron chi connectivity index (χ1n) is 8.22. The van der Waals surface area contributed by atoms with Crippen molar-refractivity contribution in [3.63, 3.8) is 0 Å². The van der Waals surface area contributed by atoms with E-state index in [0.29, 0.717) is 0 Å². The fourth-order valence-electron chi connectivity index (χ4n) is 2.22. The van der Waals surface area contributed by atoms with Gasteiger partial charge in [-0.3, -0.25) is 0 Å². The van der Waals surface area contributed by atoms with Gasteiger partial charge in [0.2, 0.25) is 0 Å². The molecule has 1 aromatic carbocycles. The molecule has 0 saturated carbocycles. The third kappa shape index (κ3) is 8.52. The number of unbranched alkanes of at least 4 members (excludes halogenated alkanes) is 7. The van der Waals surface area contributed by atoms with Gasteiger partial charge in [0.1, 0.15) is 5.75 Å². The molecule has 1 aromatic rings. The highest BCUT2D eigenvalue weighted by Crippen LogP contribution is 2.23. The summed E-state index contributed by atoms with van der Waals surface area (Å²) in [7, 11) is 0. The second-order valence-corrected chi connectivity index (χ2v) is 6.40. The van der Waals surface area contributed by atoms with Gasteiger partial charge in [-0.25, -0.2) is 0 Å². The van der Waals surface area contributed by atoms with Gasteiger partial charge in [0, 0.05) is 4.90 Å². The molecule has 0 aliphatic rings. The van der Waals surface area contributed by atoms with E-state index in [0.717, 1.165) is 12.4 Å². The van der Waals surface area contributed by atoms with Crippen LogP contribution in [0.4, 0.5) is 0 Å². The molecule has 0 saturated heterocycles.